The van der Waals surface area contributed by atoms with Crippen molar-refractivity contribution in [3.05, 3.63) is 59.4 Å². The first-order valence-corrected chi connectivity index (χ1v) is 10.3. The van der Waals surface area contributed by atoms with Gasteiger partial charge in [0, 0.05) is 31.5 Å². The van der Waals surface area contributed by atoms with Crippen molar-refractivity contribution in [3.8, 4) is 22.8 Å². The van der Waals surface area contributed by atoms with Crippen LogP contribution in [-0.2, 0) is 11.4 Å². The highest BCUT2D eigenvalue weighted by Gasteiger charge is 2.21. The molecule has 0 spiro atoms. The van der Waals surface area contributed by atoms with Gasteiger partial charge in [0.1, 0.15) is 5.75 Å². The molecule has 1 aliphatic rings. The topological polar surface area (TPSA) is 44.4 Å². The number of likely N-dealkylation sites (tertiary alicyclic amines) is 1. The van der Waals surface area contributed by atoms with E-state index in [0.717, 1.165) is 48.8 Å². The molecule has 2 heterocycles. The van der Waals surface area contributed by atoms with Gasteiger partial charge in [-0.15, -0.1) is 5.10 Å². The quantitative estimate of drug-likeness (QED) is 0.571. The number of methoxy groups -OCH3 is 2. The smallest absolute Gasteiger partial charge is 0.204 e. The molecule has 0 saturated carbocycles. The number of benzene rings is 2. The molecule has 1 aromatic heterocycles. The minimum Gasteiger partial charge on any atom is -0.497 e. The Morgan fingerprint density at radius 1 is 1.03 bits per heavy atom. The van der Waals surface area contributed by atoms with Crippen molar-refractivity contribution in [2.45, 2.75) is 25.6 Å². The highest BCUT2D eigenvalue weighted by atomic mass is 32.1. The number of rotatable bonds is 6. The van der Waals surface area contributed by atoms with E-state index in [2.05, 4.69) is 17.0 Å². The number of aromatic nitrogens is 3. The maximum Gasteiger partial charge on any atom is 0.204 e. The first-order chi connectivity index (χ1) is 14.2. The lowest BCUT2D eigenvalue weighted by atomic mass is 10.1. The van der Waals surface area contributed by atoms with Crippen LogP contribution in [0.2, 0.25) is 0 Å². The predicted octanol–water partition coefficient (Wildman–Crippen LogP) is 4.15. The average Bonchev–Trinajstić information content (AvgIpc) is 3.11. The summed E-state index contributed by atoms with van der Waals surface area (Å²) >= 11 is 5.85. The summed E-state index contributed by atoms with van der Waals surface area (Å²) in [6.07, 6.45) is 2.42. The Morgan fingerprint density at radius 2 is 1.79 bits per heavy atom. The van der Waals surface area contributed by atoms with Gasteiger partial charge in [-0.3, -0.25) is 9.47 Å². The molecule has 152 valence electrons. The summed E-state index contributed by atoms with van der Waals surface area (Å²) in [6.45, 7) is 2.63. The molecular weight excluding hydrogens is 384 g/mol. The Labute approximate surface area is 176 Å². The molecule has 6 nitrogen and oxygen atoms in total. The first-order valence-electron chi connectivity index (χ1n) is 9.84. The van der Waals surface area contributed by atoms with Crippen molar-refractivity contribution >= 4 is 12.2 Å². The maximum atomic E-state index is 5.85. The van der Waals surface area contributed by atoms with Gasteiger partial charge in [0.05, 0.1) is 19.9 Å². The van der Waals surface area contributed by atoms with E-state index in [4.69, 9.17) is 26.8 Å². The Hall–Kier alpha value is -2.48. The zero-order valence-corrected chi connectivity index (χ0v) is 17.6. The van der Waals surface area contributed by atoms with Gasteiger partial charge >= 0.3 is 0 Å². The lowest BCUT2D eigenvalue weighted by Crippen LogP contribution is -2.38. The summed E-state index contributed by atoms with van der Waals surface area (Å²) in [5.41, 5.74) is 1.97. The van der Waals surface area contributed by atoms with Crippen LogP contribution < -0.4 is 4.74 Å². The number of piperidine rings is 1. The van der Waals surface area contributed by atoms with Gasteiger partial charge in [0.2, 0.25) is 4.77 Å². The number of hydrogen-bond donors (Lipinski definition) is 0. The van der Waals surface area contributed by atoms with Gasteiger partial charge in [-0.1, -0.05) is 30.3 Å². The van der Waals surface area contributed by atoms with Crippen LogP contribution in [-0.4, -0.2) is 52.7 Å². The van der Waals surface area contributed by atoms with Crippen LogP contribution in [0.15, 0.2) is 54.6 Å². The third-order valence-electron chi connectivity index (χ3n) is 5.38. The third kappa shape index (κ3) is 4.27. The second kappa shape index (κ2) is 8.90. The molecule has 0 amide bonds. The third-order valence-corrected chi connectivity index (χ3v) is 5.78. The molecule has 0 aliphatic carbocycles. The molecule has 4 rings (SSSR count). The van der Waals surface area contributed by atoms with E-state index in [1.807, 2.05) is 51.7 Å². The highest BCUT2D eigenvalue weighted by molar-refractivity contribution is 7.71. The zero-order valence-electron chi connectivity index (χ0n) is 16.8. The fraction of sp³-hybridized carbons (Fsp3) is 0.364. The van der Waals surface area contributed by atoms with E-state index in [9.17, 15) is 0 Å². The molecule has 29 heavy (non-hydrogen) atoms. The summed E-state index contributed by atoms with van der Waals surface area (Å²) in [4.78, 5) is 2.38. The minimum absolute atomic E-state index is 0.355. The Bertz CT molecular complexity index is 1010. The molecule has 1 aliphatic heterocycles. The molecule has 0 bridgehead atoms. The van der Waals surface area contributed by atoms with Gasteiger partial charge in [-0.2, -0.15) is 0 Å². The van der Waals surface area contributed by atoms with E-state index in [1.54, 1.807) is 14.2 Å². The minimum atomic E-state index is 0.355. The van der Waals surface area contributed by atoms with Crippen LogP contribution in [0.3, 0.4) is 0 Å². The summed E-state index contributed by atoms with van der Waals surface area (Å²) in [5.74, 6) is 1.61. The van der Waals surface area contributed by atoms with Gasteiger partial charge in [0.15, 0.2) is 5.82 Å². The lowest BCUT2D eigenvalue weighted by molar-refractivity contribution is 0.0301. The number of hydrogen-bond acceptors (Lipinski definition) is 5. The first kappa shape index (κ1) is 19.8. The van der Waals surface area contributed by atoms with Crippen LogP contribution >= 0.6 is 12.2 Å². The van der Waals surface area contributed by atoms with Crippen LogP contribution in [0.4, 0.5) is 0 Å². The van der Waals surface area contributed by atoms with E-state index >= 15 is 0 Å². The van der Waals surface area contributed by atoms with Crippen molar-refractivity contribution in [1.29, 1.82) is 0 Å². The zero-order chi connectivity index (χ0) is 20.2. The monoisotopic (exact) mass is 410 g/mol. The van der Waals surface area contributed by atoms with Crippen molar-refractivity contribution < 1.29 is 9.47 Å². The molecule has 3 aromatic rings. The molecule has 1 saturated heterocycles. The van der Waals surface area contributed by atoms with Crippen molar-refractivity contribution in [2.24, 2.45) is 0 Å². The van der Waals surface area contributed by atoms with Crippen LogP contribution in [0, 0.1) is 4.77 Å². The summed E-state index contributed by atoms with van der Waals surface area (Å²) < 4.78 is 15.5. The molecule has 7 heteroatoms. The van der Waals surface area contributed by atoms with Gasteiger partial charge < -0.3 is 9.47 Å². The molecule has 0 atom stereocenters. The van der Waals surface area contributed by atoms with Crippen LogP contribution in [0.25, 0.3) is 17.1 Å². The number of para-hydroxylation sites is 1. The van der Waals surface area contributed by atoms with E-state index in [0.29, 0.717) is 17.5 Å². The summed E-state index contributed by atoms with van der Waals surface area (Å²) in [7, 11) is 3.46. The largest absolute Gasteiger partial charge is 0.497 e. The van der Waals surface area contributed by atoms with E-state index in [1.165, 1.54) is 0 Å². The Kier molecular flexibility index (Phi) is 6.08. The number of ether oxygens (including phenoxy) is 2. The normalized spacial score (nSPS) is 15.5. The van der Waals surface area contributed by atoms with E-state index < -0.39 is 0 Å². The fourth-order valence-corrected chi connectivity index (χ4v) is 4.03. The fourth-order valence-electron chi connectivity index (χ4n) is 3.73. The summed E-state index contributed by atoms with van der Waals surface area (Å²) in [6, 6.07) is 18.1. The van der Waals surface area contributed by atoms with Gasteiger partial charge in [0.25, 0.3) is 0 Å². The Morgan fingerprint density at radius 3 is 2.48 bits per heavy atom. The second-order valence-electron chi connectivity index (χ2n) is 7.20. The Balaban J connectivity index is 1.72. The standard InChI is InChI=1S/C22H26N4O2S/c1-27-19-11-13-24(14-12-19)16-25-22(29)26(18-8-4-3-5-9-18)21(23-25)17-7-6-10-20(15-17)28-2/h3-10,15,19H,11-14,16H2,1-2H3. The SMILES string of the molecule is COc1cccc(-c2nn(CN3CCC(OC)CC3)c(=S)n2-c2ccccc2)c1. The second-order valence-corrected chi connectivity index (χ2v) is 7.57. The summed E-state index contributed by atoms with van der Waals surface area (Å²) in [5, 5.41) is 4.91. The van der Waals surface area contributed by atoms with Crippen molar-refractivity contribution in [2.75, 3.05) is 27.3 Å². The van der Waals surface area contributed by atoms with Crippen molar-refractivity contribution in [3.63, 3.8) is 0 Å². The van der Waals surface area contributed by atoms with Crippen LogP contribution in [0.1, 0.15) is 12.8 Å². The highest BCUT2D eigenvalue weighted by Crippen LogP contribution is 2.26. The molecule has 2 aromatic carbocycles. The molecule has 0 N–H and O–H groups in total. The van der Waals surface area contributed by atoms with E-state index in [-0.39, 0.29) is 0 Å². The van der Waals surface area contributed by atoms with Gasteiger partial charge in [-0.25, -0.2) is 4.68 Å². The van der Waals surface area contributed by atoms with Crippen molar-refractivity contribution in [1.82, 2.24) is 19.2 Å². The lowest BCUT2D eigenvalue weighted by Gasteiger charge is -2.30. The molecular formula is C22H26N4O2S. The van der Waals surface area contributed by atoms with Crippen LogP contribution in [0.5, 0.6) is 5.75 Å². The molecule has 1 fully saturated rings. The predicted molar refractivity (Wildman–Crippen MR) is 116 cm³/mol. The number of nitrogens with zero attached hydrogens (tertiary/aromatic N) is 4. The maximum absolute atomic E-state index is 5.85. The average molecular weight is 411 g/mol. The molecule has 0 radical (unpaired) electrons. The van der Waals surface area contributed by atoms with Gasteiger partial charge in [-0.05, 0) is 49.3 Å². The molecule has 0 unspecified atom stereocenters.